The Hall–Kier alpha value is -0.123. The van der Waals surface area contributed by atoms with Crippen LogP contribution in [0.15, 0.2) is 12.2 Å². The van der Waals surface area contributed by atoms with E-state index in [0.717, 1.165) is 19.4 Å². The Labute approximate surface area is 115 Å². The average Bonchev–Trinajstić information content (AvgIpc) is 2.20. The van der Waals surface area contributed by atoms with E-state index in [1.807, 2.05) is 6.08 Å². The molecule has 0 spiro atoms. The lowest BCUT2D eigenvalue weighted by Crippen LogP contribution is -2.41. The van der Waals surface area contributed by atoms with Crippen LogP contribution in [0.4, 0.5) is 0 Å². The molecule has 18 heavy (non-hydrogen) atoms. The highest BCUT2D eigenvalue weighted by Gasteiger charge is 2.36. The van der Waals surface area contributed by atoms with Gasteiger partial charge in [-0.2, -0.15) is 0 Å². The molecule has 0 radical (unpaired) electrons. The maximum Gasteiger partial charge on any atom is 0.191 e. The molecular formula is C15H32O2Si. The minimum atomic E-state index is -1.58. The summed E-state index contributed by atoms with van der Waals surface area (Å²) in [7, 11) is -1.58. The van der Waals surface area contributed by atoms with Crippen molar-refractivity contribution in [2.75, 3.05) is 13.2 Å². The molecule has 0 bridgehead atoms. The predicted octanol–water partition coefficient (Wildman–Crippen LogP) is 4.36. The Morgan fingerprint density at radius 1 is 1.11 bits per heavy atom. The van der Waals surface area contributed by atoms with E-state index in [-0.39, 0.29) is 12.0 Å². The van der Waals surface area contributed by atoms with E-state index in [1.165, 1.54) is 0 Å². The summed E-state index contributed by atoms with van der Waals surface area (Å²) in [5, 5.41) is 9.08. The van der Waals surface area contributed by atoms with Gasteiger partial charge >= 0.3 is 0 Å². The molecule has 0 aromatic heterocycles. The minimum absolute atomic E-state index is 0.129. The molecule has 0 unspecified atom stereocenters. The Balaban J connectivity index is 4.04. The number of allylic oxidation sites excluding steroid dienone is 1. The average molecular weight is 273 g/mol. The van der Waals surface area contributed by atoms with Crippen molar-refractivity contribution in [3.05, 3.63) is 12.2 Å². The lowest BCUT2D eigenvalue weighted by atomic mass is 9.87. The first-order valence-electron chi connectivity index (χ1n) is 6.94. The van der Waals surface area contributed by atoms with Gasteiger partial charge in [0.1, 0.15) is 0 Å². The van der Waals surface area contributed by atoms with E-state index < -0.39 is 8.32 Å². The molecule has 3 heteroatoms. The van der Waals surface area contributed by atoms with Crippen molar-refractivity contribution in [1.29, 1.82) is 0 Å². The monoisotopic (exact) mass is 272 g/mol. The van der Waals surface area contributed by atoms with Crippen molar-refractivity contribution < 1.29 is 9.53 Å². The summed E-state index contributed by atoms with van der Waals surface area (Å²) in [6.07, 6.45) is 6.10. The highest BCUT2D eigenvalue weighted by molar-refractivity contribution is 6.74. The molecule has 0 atom stereocenters. The summed E-state index contributed by atoms with van der Waals surface area (Å²) >= 11 is 0. The molecule has 0 amide bonds. The second kappa shape index (κ2) is 6.87. The Morgan fingerprint density at radius 3 is 2.11 bits per heavy atom. The number of rotatable bonds is 7. The molecule has 0 saturated carbocycles. The van der Waals surface area contributed by atoms with Gasteiger partial charge in [0.15, 0.2) is 8.32 Å². The summed E-state index contributed by atoms with van der Waals surface area (Å²) in [5.41, 5.74) is 0.152. The lowest BCUT2D eigenvalue weighted by Gasteiger charge is -2.36. The van der Waals surface area contributed by atoms with Crippen molar-refractivity contribution in [3.8, 4) is 0 Å². The van der Waals surface area contributed by atoms with Crippen molar-refractivity contribution in [2.45, 2.75) is 65.6 Å². The molecule has 0 aliphatic rings. The van der Waals surface area contributed by atoms with E-state index in [9.17, 15) is 0 Å². The molecule has 2 nitrogen and oxygen atoms in total. The summed E-state index contributed by atoms with van der Waals surface area (Å²) in [4.78, 5) is 0. The second-order valence-corrected chi connectivity index (χ2v) is 12.1. The van der Waals surface area contributed by atoms with Gasteiger partial charge in [-0.25, -0.2) is 0 Å². The normalized spacial score (nSPS) is 14.4. The lowest BCUT2D eigenvalue weighted by molar-refractivity contribution is 0.259. The van der Waals surface area contributed by atoms with Crippen LogP contribution in [-0.4, -0.2) is 26.6 Å². The van der Waals surface area contributed by atoms with Gasteiger partial charge in [0.2, 0.25) is 0 Å². The summed E-state index contributed by atoms with van der Waals surface area (Å²) in [6, 6.07) is 0. The highest BCUT2D eigenvalue weighted by atomic mass is 28.4. The van der Waals surface area contributed by atoms with Crippen molar-refractivity contribution in [3.63, 3.8) is 0 Å². The topological polar surface area (TPSA) is 29.5 Å². The van der Waals surface area contributed by atoms with Crippen LogP contribution in [0.25, 0.3) is 0 Å². The second-order valence-electron chi connectivity index (χ2n) is 7.29. The fraction of sp³-hybridized carbons (Fsp3) is 0.867. The molecule has 0 heterocycles. The van der Waals surface area contributed by atoms with Gasteiger partial charge in [-0.05, 0) is 36.4 Å². The van der Waals surface area contributed by atoms with Gasteiger partial charge in [-0.3, -0.25) is 0 Å². The maximum absolute atomic E-state index is 8.79. The van der Waals surface area contributed by atoms with E-state index in [1.54, 1.807) is 0 Å². The number of aliphatic hydroxyl groups is 1. The van der Waals surface area contributed by atoms with E-state index in [4.69, 9.17) is 9.53 Å². The molecule has 0 aromatic carbocycles. The first-order chi connectivity index (χ1) is 8.02. The van der Waals surface area contributed by atoms with Gasteiger partial charge < -0.3 is 9.53 Å². The van der Waals surface area contributed by atoms with Crippen LogP contribution >= 0.6 is 0 Å². The van der Waals surface area contributed by atoms with Crippen LogP contribution in [-0.2, 0) is 4.43 Å². The smallest absolute Gasteiger partial charge is 0.191 e. The van der Waals surface area contributed by atoms with Gasteiger partial charge in [-0.15, -0.1) is 0 Å². The van der Waals surface area contributed by atoms with Gasteiger partial charge in [0.05, 0.1) is 6.61 Å². The molecular weight excluding hydrogens is 240 g/mol. The number of hydrogen-bond donors (Lipinski definition) is 1. The number of hydrogen-bond acceptors (Lipinski definition) is 2. The summed E-state index contributed by atoms with van der Waals surface area (Å²) in [5.74, 6) is 0. The maximum atomic E-state index is 8.79. The zero-order chi connectivity index (χ0) is 14.4. The van der Waals surface area contributed by atoms with Crippen molar-refractivity contribution in [2.24, 2.45) is 5.41 Å². The minimum Gasteiger partial charge on any atom is -0.417 e. The Kier molecular flexibility index (Phi) is 6.83. The van der Waals surface area contributed by atoms with E-state index in [0.29, 0.717) is 5.04 Å². The fourth-order valence-electron chi connectivity index (χ4n) is 1.53. The van der Waals surface area contributed by atoms with Crippen molar-refractivity contribution in [1.82, 2.24) is 0 Å². The largest absolute Gasteiger partial charge is 0.417 e. The number of aliphatic hydroxyl groups excluding tert-OH is 1. The standard InChI is InChI=1S/C15H32O2Si/c1-14(2,3)18(6,7)17-13-9-11-15(4,5)10-8-12-16/h8,10,16H,9,11-13H2,1-7H3. The first kappa shape index (κ1) is 17.9. The SMILES string of the molecule is CC(C)(C=CCO)CCCO[Si](C)(C)C(C)(C)C. The Morgan fingerprint density at radius 2 is 1.67 bits per heavy atom. The predicted molar refractivity (Wildman–Crippen MR) is 82.4 cm³/mol. The third-order valence-corrected chi connectivity index (χ3v) is 8.45. The molecule has 0 saturated heterocycles. The first-order valence-corrected chi connectivity index (χ1v) is 9.85. The van der Waals surface area contributed by atoms with Crippen LogP contribution in [0.3, 0.4) is 0 Å². The van der Waals surface area contributed by atoms with Gasteiger partial charge in [-0.1, -0.05) is 46.8 Å². The highest BCUT2D eigenvalue weighted by Crippen LogP contribution is 2.36. The van der Waals surface area contributed by atoms with Crippen LogP contribution in [0.1, 0.15) is 47.5 Å². The molecule has 108 valence electrons. The van der Waals surface area contributed by atoms with Crippen LogP contribution in [0, 0.1) is 5.41 Å². The van der Waals surface area contributed by atoms with Crippen molar-refractivity contribution >= 4 is 8.32 Å². The van der Waals surface area contributed by atoms with Crippen LogP contribution in [0.5, 0.6) is 0 Å². The third-order valence-electron chi connectivity index (χ3n) is 3.91. The third kappa shape index (κ3) is 6.71. The molecule has 0 aliphatic carbocycles. The van der Waals surface area contributed by atoms with Gasteiger partial charge in [0, 0.05) is 6.61 Å². The molecule has 0 fully saturated rings. The van der Waals surface area contributed by atoms with Gasteiger partial charge in [0.25, 0.3) is 0 Å². The molecule has 1 N–H and O–H groups in total. The van der Waals surface area contributed by atoms with Crippen LogP contribution in [0.2, 0.25) is 18.1 Å². The molecule has 0 aromatic rings. The van der Waals surface area contributed by atoms with E-state index >= 15 is 0 Å². The quantitative estimate of drug-likeness (QED) is 0.424. The zero-order valence-electron chi connectivity index (χ0n) is 13.3. The van der Waals surface area contributed by atoms with Crippen LogP contribution < -0.4 is 0 Å². The fourth-order valence-corrected chi connectivity index (χ4v) is 2.61. The zero-order valence-corrected chi connectivity index (χ0v) is 14.3. The van der Waals surface area contributed by atoms with E-state index in [2.05, 4.69) is 53.8 Å². The Bertz CT molecular complexity index is 262. The summed E-state index contributed by atoms with van der Waals surface area (Å²) in [6.45, 7) is 16.8. The molecule has 0 aliphatic heterocycles. The summed E-state index contributed by atoms with van der Waals surface area (Å²) < 4.78 is 6.16. The molecule has 0 rings (SSSR count).